The lowest BCUT2D eigenvalue weighted by Crippen LogP contribution is -2.32. The summed E-state index contributed by atoms with van der Waals surface area (Å²) in [5.41, 5.74) is 7.43. The lowest BCUT2D eigenvalue weighted by molar-refractivity contribution is -0.138. The van der Waals surface area contributed by atoms with Crippen LogP contribution in [0.5, 0.6) is 5.75 Å². The average Bonchev–Trinajstić information content (AvgIpc) is 2.22. The maximum atomic E-state index is 10.6. The lowest BCUT2D eigenvalue weighted by Gasteiger charge is -2.11. The molecule has 16 heavy (non-hydrogen) atoms. The molecular formula is C12H17NO3. The summed E-state index contributed by atoms with van der Waals surface area (Å²) < 4.78 is 5.35. The third-order valence-electron chi connectivity index (χ3n) is 2.38. The Balaban J connectivity index is 2.78. The summed E-state index contributed by atoms with van der Waals surface area (Å²) in [4.78, 5) is 10.6. The molecule has 88 valence electrons. The number of carboxylic acids is 1. The van der Waals surface area contributed by atoms with E-state index >= 15 is 0 Å². The molecule has 0 heterocycles. The molecule has 0 radical (unpaired) electrons. The molecule has 1 atom stereocenters. The molecule has 0 saturated carbocycles. The van der Waals surface area contributed by atoms with E-state index in [2.05, 4.69) is 0 Å². The molecule has 3 N–H and O–H groups in total. The number of aryl methyl sites for hydroxylation is 1. The molecule has 4 nitrogen and oxygen atoms in total. The van der Waals surface area contributed by atoms with Crippen molar-refractivity contribution in [1.82, 2.24) is 0 Å². The highest BCUT2D eigenvalue weighted by Crippen LogP contribution is 2.18. The fourth-order valence-electron chi connectivity index (χ4n) is 1.48. The molecule has 4 heteroatoms. The number of benzene rings is 1. The third kappa shape index (κ3) is 3.24. The minimum Gasteiger partial charge on any atom is -0.494 e. The molecule has 0 aliphatic carbocycles. The number of carbonyl (C=O) groups is 1. The molecule has 0 saturated heterocycles. The smallest absolute Gasteiger partial charge is 0.320 e. The molecule has 0 unspecified atom stereocenters. The standard InChI is InChI=1S/C12H17NO3/c1-3-16-10-5-4-9(8(2)6-10)7-11(13)12(14)15/h4-6,11H,3,7,13H2,1-2H3,(H,14,15)/t11-/m0/s1. The van der Waals surface area contributed by atoms with Gasteiger partial charge in [0.15, 0.2) is 0 Å². The van der Waals surface area contributed by atoms with E-state index in [1.165, 1.54) is 0 Å². The highest BCUT2D eigenvalue weighted by atomic mass is 16.5. The molecule has 0 aliphatic heterocycles. The van der Waals surface area contributed by atoms with Crippen molar-refractivity contribution in [2.45, 2.75) is 26.3 Å². The van der Waals surface area contributed by atoms with Crippen LogP contribution in [-0.2, 0) is 11.2 Å². The van der Waals surface area contributed by atoms with Crippen molar-refractivity contribution in [2.24, 2.45) is 5.73 Å². The maximum absolute atomic E-state index is 10.6. The molecule has 0 bridgehead atoms. The number of aliphatic carboxylic acids is 1. The predicted molar refractivity (Wildman–Crippen MR) is 61.7 cm³/mol. The van der Waals surface area contributed by atoms with Gasteiger partial charge < -0.3 is 15.6 Å². The Morgan fingerprint density at radius 2 is 2.25 bits per heavy atom. The Labute approximate surface area is 95.0 Å². The van der Waals surface area contributed by atoms with Crippen molar-refractivity contribution in [3.63, 3.8) is 0 Å². The van der Waals surface area contributed by atoms with Crippen molar-refractivity contribution in [3.05, 3.63) is 29.3 Å². The van der Waals surface area contributed by atoms with Crippen LogP contribution in [0.3, 0.4) is 0 Å². The van der Waals surface area contributed by atoms with E-state index in [1.54, 1.807) is 0 Å². The molecule has 0 aliphatic rings. The van der Waals surface area contributed by atoms with Crippen LogP contribution in [0.15, 0.2) is 18.2 Å². The second-order valence-electron chi connectivity index (χ2n) is 3.67. The number of nitrogens with two attached hydrogens (primary N) is 1. The van der Waals surface area contributed by atoms with Crippen LogP contribution < -0.4 is 10.5 Å². The van der Waals surface area contributed by atoms with E-state index in [9.17, 15) is 4.79 Å². The molecule has 1 rings (SSSR count). The normalized spacial score (nSPS) is 12.2. The van der Waals surface area contributed by atoms with Crippen LogP contribution in [-0.4, -0.2) is 23.7 Å². The van der Waals surface area contributed by atoms with Gasteiger partial charge in [-0.25, -0.2) is 0 Å². The van der Waals surface area contributed by atoms with Gasteiger partial charge in [-0.2, -0.15) is 0 Å². The van der Waals surface area contributed by atoms with Gasteiger partial charge >= 0.3 is 5.97 Å². The van der Waals surface area contributed by atoms with Gasteiger partial charge in [0.1, 0.15) is 11.8 Å². The van der Waals surface area contributed by atoms with Crippen LogP contribution in [0.25, 0.3) is 0 Å². The number of hydrogen-bond acceptors (Lipinski definition) is 3. The third-order valence-corrected chi connectivity index (χ3v) is 2.38. The molecule has 1 aromatic carbocycles. The van der Waals surface area contributed by atoms with Crippen molar-refractivity contribution >= 4 is 5.97 Å². The first-order valence-corrected chi connectivity index (χ1v) is 5.25. The van der Waals surface area contributed by atoms with Gasteiger partial charge in [0.05, 0.1) is 6.61 Å². The summed E-state index contributed by atoms with van der Waals surface area (Å²) in [6, 6.07) is 4.74. The first kappa shape index (κ1) is 12.5. The number of hydrogen-bond donors (Lipinski definition) is 2. The van der Waals surface area contributed by atoms with Crippen molar-refractivity contribution in [3.8, 4) is 5.75 Å². The largest absolute Gasteiger partial charge is 0.494 e. The zero-order valence-electron chi connectivity index (χ0n) is 9.56. The molecular weight excluding hydrogens is 206 g/mol. The number of rotatable bonds is 5. The van der Waals surface area contributed by atoms with Crippen LogP contribution in [0.1, 0.15) is 18.1 Å². The maximum Gasteiger partial charge on any atom is 0.320 e. The molecule has 0 aromatic heterocycles. The monoisotopic (exact) mass is 223 g/mol. The van der Waals surface area contributed by atoms with Gasteiger partial charge in [0.2, 0.25) is 0 Å². The SMILES string of the molecule is CCOc1ccc(C[C@H](N)C(=O)O)c(C)c1. The summed E-state index contributed by atoms with van der Waals surface area (Å²) in [7, 11) is 0. The van der Waals surface area contributed by atoms with Crippen LogP contribution in [0.4, 0.5) is 0 Å². The molecule has 1 aromatic rings. The minimum atomic E-state index is -0.978. The average molecular weight is 223 g/mol. The van der Waals surface area contributed by atoms with Crippen molar-refractivity contribution in [2.75, 3.05) is 6.61 Å². The first-order chi connectivity index (χ1) is 7.54. The first-order valence-electron chi connectivity index (χ1n) is 5.25. The van der Waals surface area contributed by atoms with E-state index in [1.807, 2.05) is 32.0 Å². The fourth-order valence-corrected chi connectivity index (χ4v) is 1.48. The number of carboxylic acid groups (broad SMARTS) is 1. The number of ether oxygens (including phenoxy) is 1. The Kier molecular flexibility index (Phi) is 4.31. The van der Waals surface area contributed by atoms with Crippen molar-refractivity contribution < 1.29 is 14.6 Å². The zero-order valence-corrected chi connectivity index (χ0v) is 9.56. The lowest BCUT2D eigenvalue weighted by atomic mass is 10.0. The molecule has 0 fully saturated rings. The second-order valence-corrected chi connectivity index (χ2v) is 3.67. The Bertz CT molecular complexity index is 377. The molecule has 0 amide bonds. The highest BCUT2D eigenvalue weighted by molar-refractivity contribution is 5.73. The topological polar surface area (TPSA) is 72.5 Å². The van der Waals surface area contributed by atoms with Crippen LogP contribution in [0.2, 0.25) is 0 Å². The van der Waals surface area contributed by atoms with E-state index in [-0.39, 0.29) is 0 Å². The second kappa shape index (κ2) is 5.51. The Hall–Kier alpha value is -1.55. The zero-order chi connectivity index (χ0) is 12.1. The van der Waals surface area contributed by atoms with E-state index in [0.717, 1.165) is 16.9 Å². The highest BCUT2D eigenvalue weighted by Gasteiger charge is 2.13. The van der Waals surface area contributed by atoms with E-state index < -0.39 is 12.0 Å². The Morgan fingerprint density at radius 3 is 2.75 bits per heavy atom. The minimum absolute atomic E-state index is 0.341. The van der Waals surface area contributed by atoms with E-state index in [4.69, 9.17) is 15.6 Å². The van der Waals surface area contributed by atoms with Crippen LogP contribution in [0, 0.1) is 6.92 Å². The van der Waals surface area contributed by atoms with E-state index in [0.29, 0.717) is 13.0 Å². The molecule has 0 spiro atoms. The van der Waals surface area contributed by atoms with Crippen molar-refractivity contribution in [1.29, 1.82) is 0 Å². The van der Waals surface area contributed by atoms with Gasteiger partial charge in [-0.1, -0.05) is 6.07 Å². The summed E-state index contributed by atoms with van der Waals surface area (Å²) in [5.74, 6) is -0.180. The summed E-state index contributed by atoms with van der Waals surface area (Å²) >= 11 is 0. The van der Waals surface area contributed by atoms with Gasteiger partial charge in [0.25, 0.3) is 0 Å². The quantitative estimate of drug-likeness (QED) is 0.790. The summed E-state index contributed by atoms with van der Waals surface area (Å²) in [6.45, 7) is 4.46. The van der Waals surface area contributed by atoms with Gasteiger partial charge in [-0.3, -0.25) is 4.79 Å². The fraction of sp³-hybridized carbons (Fsp3) is 0.417. The van der Waals surface area contributed by atoms with Gasteiger partial charge in [0, 0.05) is 0 Å². The predicted octanol–water partition coefficient (Wildman–Crippen LogP) is 1.35. The van der Waals surface area contributed by atoms with Gasteiger partial charge in [-0.15, -0.1) is 0 Å². The van der Waals surface area contributed by atoms with Crippen LogP contribution >= 0.6 is 0 Å². The van der Waals surface area contributed by atoms with Gasteiger partial charge in [-0.05, 0) is 43.5 Å². The summed E-state index contributed by atoms with van der Waals surface area (Å²) in [5, 5.41) is 8.72. The Morgan fingerprint density at radius 1 is 1.56 bits per heavy atom. The summed E-state index contributed by atoms with van der Waals surface area (Å²) in [6.07, 6.45) is 0.341.